The van der Waals surface area contributed by atoms with Crippen LogP contribution in [0.15, 0.2) is 42.6 Å². The van der Waals surface area contributed by atoms with Gasteiger partial charge in [-0.3, -0.25) is 4.79 Å². The highest BCUT2D eigenvalue weighted by molar-refractivity contribution is 6.31. The van der Waals surface area contributed by atoms with Gasteiger partial charge in [0.15, 0.2) is 0 Å². The zero-order valence-electron chi connectivity index (χ0n) is 15.9. The minimum absolute atomic E-state index is 0.237. The van der Waals surface area contributed by atoms with Gasteiger partial charge in [0, 0.05) is 29.7 Å². The van der Waals surface area contributed by atoms with E-state index in [1.807, 2.05) is 25.1 Å². The number of nitrogens with one attached hydrogen (secondary N) is 3. The molecule has 2 aromatic rings. The van der Waals surface area contributed by atoms with Crippen molar-refractivity contribution in [3.05, 3.63) is 59.5 Å². The highest BCUT2D eigenvalue weighted by atomic mass is 19.1. The number of carbonyl (C=O) groups is 1. The Bertz CT molecular complexity index is 876. The lowest BCUT2D eigenvalue weighted by atomic mass is 10.1. The fourth-order valence-corrected chi connectivity index (χ4v) is 3.04. The van der Waals surface area contributed by atoms with Gasteiger partial charge >= 0.3 is 0 Å². The molecule has 3 N–H and O–H groups in total. The SMILES string of the molecule is Cc1cc(N/C=C2\C(=O)Nc3cc(F)ccc32)ccc1NCCCN(C)C. The lowest BCUT2D eigenvalue weighted by Crippen LogP contribution is -2.16. The summed E-state index contributed by atoms with van der Waals surface area (Å²) >= 11 is 0. The molecule has 0 aromatic heterocycles. The molecule has 27 heavy (non-hydrogen) atoms. The minimum Gasteiger partial charge on any atom is -0.385 e. The predicted molar refractivity (Wildman–Crippen MR) is 109 cm³/mol. The maximum Gasteiger partial charge on any atom is 0.257 e. The molecular formula is C21H25FN4O. The first-order valence-electron chi connectivity index (χ1n) is 9.01. The fourth-order valence-electron chi connectivity index (χ4n) is 3.04. The van der Waals surface area contributed by atoms with E-state index in [9.17, 15) is 9.18 Å². The molecule has 0 radical (unpaired) electrons. The molecule has 0 saturated carbocycles. The van der Waals surface area contributed by atoms with Crippen molar-refractivity contribution in [2.75, 3.05) is 43.1 Å². The number of benzene rings is 2. The van der Waals surface area contributed by atoms with E-state index >= 15 is 0 Å². The summed E-state index contributed by atoms with van der Waals surface area (Å²) in [5.41, 5.74) is 4.81. The lowest BCUT2D eigenvalue weighted by Gasteiger charge is -2.13. The number of rotatable bonds is 7. The maximum absolute atomic E-state index is 13.3. The van der Waals surface area contributed by atoms with Crippen LogP contribution in [0.5, 0.6) is 0 Å². The van der Waals surface area contributed by atoms with Crippen LogP contribution in [0.1, 0.15) is 17.5 Å². The molecule has 2 aromatic carbocycles. The van der Waals surface area contributed by atoms with E-state index in [0.29, 0.717) is 16.8 Å². The number of hydrogen-bond donors (Lipinski definition) is 3. The van der Waals surface area contributed by atoms with Crippen molar-refractivity contribution in [1.82, 2.24) is 4.90 Å². The molecule has 5 nitrogen and oxygen atoms in total. The van der Waals surface area contributed by atoms with Gasteiger partial charge in [0.05, 0.1) is 11.3 Å². The highest BCUT2D eigenvalue weighted by Gasteiger charge is 2.24. The van der Waals surface area contributed by atoms with Crippen LogP contribution in [0.25, 0.3) is 5.57 Å². The van der Waals surface area contributed by atoms with Gasteiger partial charge in [0.2, 0.25) is 0 Å². The van der Waals surface area contributed by atoms with Crippen LogP contribution < -0.4 is 16.0 Å². The summed E-state index contributed by atoms with van der Waals surface area (Å²) < 4.78 is 13.3. The van der Waals surface area contributed by atoms with Gasteiger partial charge in [0.25, 0.3) is 5.91 Å². The monoisotopic (exact) mass is 368 g/mol. The third-order valence-corrected chi connectivity index (χ3v) is 4.47. The zero-order chi connectivity index (χ0) is 19.4. The smallest absolute Gasteiger partial charge is 0.257 e. The van der Waals surface area contributed by atoms with Crippen LogP contribution in [0, 0.1) is 12.7 Å². The first-order chi connectivity index (χ1) is 12.9. The van der Waals surface area contributed by atoms with Gasteiger partial charge < -0.3 is 20.9 Å². The van der Waals surface area contributed by atoms with Crippen molar-refractivity contribution in [3.63, 3.8) is 0 Å². The van der Waals surface area contributed by atoms with E-state index in [4.69, 9.17) is 0 Å². The first-order valence-corrected chi connectivity index (χ1v) is 9.01. The van der Waals surface area contributed by atoms with Crippen LogP contribution in [-0.2, 0) is 4.79 Å². The second kappa shape index (κ2) is 8.22. The number of carbonyl (C=O) groups excluding carboxylic acids is 1. The lowest BCUT2D eigenvalue weighted by molar-refractivity contribution is -0.110. The topological polar surface area (TPSA) is 56.4 Å². The Labute approximate surface area is 159 Å². The van der Waals surface area contributed by atoms with Crippen LogP contribution in [0.4, 0.5) is 21.5 Å². The molecule has 0 spiro atoms. The normalized spacial score (nSPS) is 14.4. The molecule has 1 aliphatic rings. The Morgan fingerprint density at radius 2 is 2.00 bits per heavy atom. The van der Waals surface area contributed by atoms with Crippen LogP contribution in [0.3, 0.4) is 0 Å². The standard InChI is InChI=1S/C21H25FN4O/c1-14-11-16(6-8-19(14)23-9-4-10-26(2)3)24-13-18-17-7-5-15(22)12-20(17)25-21(18)27/h5-8,11-13,23-24H,4,9-10H2,1-3H3,(H,25,27)/b18-13-. The van der Waals surface area contributed by atoms with Crippen molar-refractivity contribution >= 4 is 28.5 Å². The molecule has 1 amide bonds. The molecular weight excluding hydrogens is 343 g/mol. The van der Waals surface area contributed by atoms with Crippen molar-refractivity contribution in [1.29, 1.82) is 0 Å². The number of anilines is 3. The maximum atomic E-state index is 13.3. The van der Waals surface area contributed by atoms with Crippen LogP contribution >= 0.6 is 0 Å². The Kier molecular flexibility index (Phi) is 5.76. The van der Waals surface area contributed by atoms with E-state index in [0.717, 1.165) is 36.4 Å². The second-order valence-corrected chi connectivity index (χ2v) is 6.96. The predicted octanol–water partition coefficient (Wildman–Crippen LogP) is 3.90. The van der Waals surface area contributed by atoms with Crippen molar-refractivity contribution in [2.24, 2.45) is 0 Å². The molecule has 0 fully saturated rings. The molecule has 0 unspecified atom stereocenters. The van der Waals surface area contributed by atoms with Gasteiger partial charge in [0.1, 0.15) is 5.82 Å². The molecule has 6 heteroatoms. The average Bonchev–Trinajstić information content (AvgIpc) is 2.92. The number of nitrogens with zero attached hydrogens (tertiary/aromatic N) is 1. The number of hydrogen-bond acceptors (Lipinski definition) is 4. The second-order valence-electron chi connectivity index (χ2n) is 6.96. The van der Waals surface area contributed by atoms with Crippen LogP contribution in [-0.4, -0.2) is 38.0 Å². The summed E-state index contributed by atoms with van der Waals surface area (Å²) in [6.45, 7) is 4.02. The quantitative estimate of drug-likeness (QED) is 0.512. The molecule has 1 heterocycles. The van der Waals surface area contributed by atoms with E-state index in [-0.39, 0.29) is 11.7 Å². The van der Waals surface area contributed by atoms with E-state index < -0.39 is 0 Å². The summed E-state index contributed by atoms with van der Waals surface area (Å²) in [6.07, 6.45) is 2.74. The summed E-state index contributed by atoms with van der Waals surface area (Å²) in [5.74, 6) is -0.605. The van der Waals surface area contributed by atoms with Crippen molar-refractivity contribution < 1.29 is 9.18 Å². The van der Waals surface area contributed by atoms with Gasteiger partial charge in [-0.05, 0) is 75.9 Å². The third-order valence-electron chi connectivity index (χ3n) is 4.47. The zero-order valence-corrected chi connectivity index (χ0v) is 15.9. The summed E-state index contributed by atoms with van der Waals surface area (Å²) in [6, 6.07) is 10.3. The summed E-state index contributed by atoms with van der Waals surface area (Å²) in [7, 11) is 4.14. The summed E-state index contributed by atoms with van der Waals surface area (Å²) in [4.78, 5) is 14.3. The highest BCUT2D eigenvalue weighted by Crippen LogP contribution is 2.32. The third kappa shape index (κ3) is 4.65. The summed E-state index contributed by atoms with van der Waals surface area (Å²) in [5, 5.41) is 9.30. The minimum atomic E-state index is -0.368. The molecule has 0 atom stereocenters. The van der Waals surface area contributed by atoms with Gasteiger partial charge in [-0.25, -0.2) is 4.39 Å². The number of amides is 1. The molecule has 3 rings (SSSR count). The van der Waals surface area contributed by atoms with E-state index in [1.165, 1.54) is 12.1 Å². The molecule has 0 saturated heterocycles. The van der Waals surface area contributed by atoms with Gasteiger partial charge in [-0.15, -0.1) is 0 Å². The Hall–Kier alpha value is -2.86. The largest absolute Gasteiger partial charge is 0.385 e. The average molecular weight is 368 g/mol. The number of halogens is 1. The molecule has 142 valence electrons. The first kappa shape index (κ1) is 18.9. The fraction of sp³-hybridized carbons (Fsp3) is 0.286. The van der Waals surface area contributed by atoms with Crippen molar-refractivity contribution in [2.45, 2.75) is 13.3 Å². The Morgan fingerprint density at radius 3 is 2.74 bits per heavy atom. The van der Waals surface area contributed by atoms with Crippen LogP contribution in [0.2, 0.25) is 0 Å². The number of aryl methyl sites for hydroxylation is 1. The van der Waals surface area contributed by atoms with Crippen molar-refractivity contribution in [3.8, 4) is 0 Å². The molecule has 1 aliphatic heterocycles. The van der Waals surface area contributed by atoms with E-state index in [1.54, 1.807) is 12.3 Å². The van der Waals surface area contributed by atoms with Gasteiger partial charge in [-0.1, -0.05) is 0 Å². The number of fused-ring (bicyclic) bond motifs is 1. The Balaban J connectivity index is 1.66. The molecule has 0 bridgehead atoms. The Morgan fingerprint density at radius 1 is 1.19 bits per heavy atom. The van der Waals surface area contributed by atoms with Gasteiger partial charge in [-0.2, -0.15) is 0 Å². The molecule has 0 aliphatic carbocycles. The van der Waals surface area contributed by atoms with E-state index in [2.05, 4.69) is 34.9 Å².